The number of halogens is 1. The molecule has 25 heavy (non-hydrogen) atoms. The molecule has 7 heteroatoms. The standard InChI is InChI=1S/C18H23FN2O4/c19-15-3-1-2-4-16(15)25-11-17(22)20-13-7-14(8-13)21(10-18(23)24)9-12-5-6-12/h1-4,12-14H,5-11H2,(H,20,22)(H,23,24). The second-order valence-electron chi connectivity index (χ2n) is 6.88. The van der Waals surface area contributed by atoms with Gasteiger partial charge in [0.2, 0.25) is 0 Å². The third-order valence-electron chi connectivity index (χ3n) is 4.72. The van der Waals surface area contributed by atoms with Crippen LogP contribution in [0.3, 0.4) is 0 Å². The van der Waals surface area contributed by atoms with Crippen molar-refractivity contribution in [3.8, 4) is 5.75 Å². The summed E-state index contributed by atoms with van der Waals surface area (Å²) in [7, 11) is 0. The molecule has 0 saturated heterocycles. The van der Waals surface area contributed by atoms with E-state index in [1.807, 2.05) is 4.90 Å². The number of carbonyl (C=O) groups excluding carboxylic acids is 1. The second-order valence-corrected chi connectivity index (χ2v) is 6.88. The summed E-state index contributed by atoms with van der Waals surface area (Å²) in [5, 5.41) is 11.9. The molecule has 0 unspecified atom stereocenters. The van der Waals surface area contributed by atoms with Crippen LogP contribution in [0, 0.1) is 11.7 Å². The van der Waals surface area contributed by atoms with Crippen molar-refractivity contribution in [2.45, 2.75) is 37.8 Å². The lowest BCUT2D eigenvalue weighted by atomic mass is 9.85. The number of para-hydroxylation sites is 1. The molecule has 0 atom stereocenters. The molecular weight excluding hydrogens is 327 g/mol. The molecule has 3 rings (SSSR count). The van der Waals surface area contributed by atoms with Gasteiger partial charge < -0.3 is 15.2 Å². The van der Waals surface area contributed by atoms with Crippen LogP contribution in [0.2, 0.25) is 0 Å². The van der Waals surface area contributed by atoms with E-state index in [9.17, 15) is 14.0 Å². The van der Waals surface area contributed by atoms with Gasteiger partial charge >= 0.3 is 5.97 Å². The Morgan fingerprint density at radius 2 is 2.00 bits per heavy atom. The zero-order valence-electron chi connectivity index (χ0n) is 14.0. The van der Waals surface area contributed by atoms with Gasteiger partial charge in [0.1, 0.15) is 0 Å². The Morgan fingerprint density at radius 3 is 2.64 bits per heavy atom. The fourth-order valence-corrected chi connectivity index (χ4v) is 3.13. The van der Waals surface area contributed by atoms with Crippen LogP contribution in [0.25, 0.3) is 0 Å². The number of nitrogens with zero attached hydrogens (tertiary/aromatic N) is 1. The molecule has 0 spiro atoms. The highest BCUT2D eigenvalue weighted by molar-refractivity contribution is 5.78. The maximum Gasteiger partial charge on any atom is 0.317 e. The van der Waals surface area contributed by atoms with Crippen molar-refractivity contribution in [1.29, 1.82) is 0 Å². The van der Waals surface area contributed by atoms with E-state index in [0.29, 0.717) is 5.92 Å². The predicted molar refractivity (Wildman–Crippen MR) is 88.8 cm³/mol. The van der Waals surface area contributed by atoms with Crippen molar-refractivity contribution in [2.75, 3.05) is 19.7 Å². The summed E-state index contributed by atoms with van der Waals surface area (Å²) in [6.07, 6.45) is 3.84. The monoisotopic (exact) mass is 350 g/mol. The first-order chi connectivity index (χ1) is 12.0. The molecule has 0 aliphatic heterocycles. The van der Waals surface area contributed by atoms with Gasteiger partial charge in [-0.1, -0.05) is 12.1 Å². The van der Waals surface area contributed by atoms with Gasteiger partial charge in [0, 0.05) is 18.6 Å². The summed E-state index contributed by atoms with van der Waals surface area (Å²) in [6, 6.07) is 6.18. The third-order valence-corrected chi connectivity index (χ3v) is 4.72. The van der Waals surface area contributed by atoms with E-state index >= 15 is 0 Å². The smallest absolute Gasteiger partial charge is 0.317 e. The van der Waals surface area contributed by atoms with Gasteiger partial charge in [-0.2, -0.15) is 0 Å². The molecule has 1 aromatic rings. The van der Waals surface area contributed by atoms with Crippen LogP contribution in [0.1, 0.15) is 25.7 Å². The van der Waals surface area contributed by atoms with Crippen molar-refractivity contribution >= 4 is 11.9 Å². The number of amides is 1. The number of carboxylic acids is 1. The number of rotatable bonds is 9. The first-order valence-corrected chi connectivity index (χ1v) is 8.64. The van der Waals surface area contributed by atoms with Crippen molar-refractivity contribution < 1.29 is 23.8 Å². The molecule has 6 nitrogen and oxygen atoms in total. The zero-order valence-corrected chi connectivity index (χ0v) is 14.0. The van der Waals surface area contributed by atoms with E-state index in [1.54, 1.807) is 12.1 Å². The molecule has 136 valence electrons. The van der Waals surface area contributed by atoms with Gasteiger partial charge in [0.05, 0.1) is 6.54 Å². The fourth-order valence-electron chi connectivity index (χ4n) is 3.13. The van der Waals surface area contributed by atoms with Crippen LogP contribution in [-0.4, -0.2) is 53.7 Å². The molecule has 2 N–H and O–H groups in total. The van der Waals surface area contributed by atoms with E-state index in [0.717, 1.165) is 19.4 Å². The summed E-state index contributed by atoms with van der Waals surface area (Å²) < 4.78 is 18.6. The topological polar surface area (TPSA) is 78.9 Å². The molecule has 1 aromatic carbocycles. The lowest BCUT2D eigenvalue weighted by Gasteiger charge is -2.42. The zero-order chi connectivity index (χ0) is 17.8. The van der Waals surface area contributed by atoms with Crippen LogP contribution in [-0.2, 0) is 9.59 Å². The van der Waals surface area contributed by atoms with E-state index in [-0.39, 0.29) is 36.9 Å². The van der Waals surface area contributed by atoms with Gasteiger partial charge in [0.25, 0.3) is 5.91 Å². The lowest BCUT2D eigenvalue weighted by molar-refractivity contribution is -0.140. The largest absolute Gasteiger partial charge is 0.481 e. The lowest BCUT2D eigenvalue weighted by Crippen LogP contribution is -2.55. The van der Waals surface area contributed by atoms with E-state index in [2.05, 4.69) is 5.32 Å². The Labute approximate surface area is 146 Å². The Hall–Kier alpha value is -2.15. The van der Waals surface area contributed by atoms with Gasteiger partial charge in [-0.15, -0.1) is 0 Å². The quantitative estimate of drug-likeness (QED) is 0.708. The van der Waals surface area contributed by atoms with Crippen LogP contribution in [0.15, 0.2) is 24.3 Å². The van der Waals surface area contributed by atoms with Gasteiger partial charge in [-0.3, -0.25) is 14.5 Å². The van der Waals surface area contributed by atoms with E-state index < -0.39 is 11.8 Å². The number of carboxylic acid groups (broad SMARTS) is 1. The molecule has 2 aliphatic carbocycles. The number of benzene rings is 1. The molecule has 0 bridgehead atoms. The highest BCUT2D eigenvalue weighted by atomic mass is 19.1. The Morgan fingerprint density at radius 1 is 1.28 bits per heavy atom. The maximum atomic E-state index is 13.4. The summed E-state index contributed by atoms with van der Waals surface area (Å²) in [4.78, 5) is 24.9. The Kier molecular flexibility index (Phi) is 5.53. The summed E-state index contributed by atoms with van der Waals surface area (Å²) in [5.41, 5.74) is 0. The SMILES string of the molecule is O=C(O)CN(CC1CC1)C1CC(NC(=O)COc2ccccc2F)C1. The molecule has 0 heterocycles. The molecule has 2 fully saturated rings. The maximum absolute atomic E-state index is 13.4. The number of hydrogen-bond donors (Lipinski definition) is 2. The number of nitrogens with one attached hydrogen (secondary N) is 1. The Bertz CT molecular complexity index is 629. The number of hydrogen-bond acceptors (Lipinski definition) is 4. The first kappa shape index (κ1) is 17.7. The van der Waals surface area contributed by atoms with Crippen molar-refractivity contribution in [3.05, 3.63) is 30.1 Å². The van der Waals surface area contributed by atoms with Crippen LogP contribution in [0.4, 0.5) is 4.39 Å². The number of aliphatic carboxylic acids is 1. The highest BCUT2D eigenvalue weighted by Crippen LogP contribution is 2.33. The summed E-state index contributed by atoms with van der Waals surface area (Å²) in [6.45, 7) is 0.648. The second kappa shape index (κ2) is 7.82. The average Bonchev–Trinajstić information content (AvgIpc) is 3.32. The normalized spacial score (nSPS) is 22.3. The molecule has 0 aromatic heterocycles. The summed E-state index contributed by atoms with van der Waals surface area (Å²) in [5.74, 6) is -0.920. The average molecular weight is 350 g/mol. The minimum absolute atomic E-state index is 0.0252. The van der Waals surface area contributed by atoms with Gasteiger partial charge in [-0.05, 0) is 43.7 Å². The molecule has 0 radical (unpaired) electrons. The van der Waals surface area contributed by atoms with Gasteiger partial charge in [-0.25, -0.2) is 4.39 Å². The molecule has 2 saturated carbocycles. The minimum atomic E-state index is -0.813. The van der Waals surface area contributed by atoms with E-state index in [1.165, 1.54) is 25.0 Å². The van der Waals surface area contributed by atoms with Crippen LogP contribution < -0.4 is 10.1 Å². The molecule has 2 aliphatic rings. The number of ether oxygens (including phenoxy) is 1. The fraction of sp³-hybridized carbons (Fsp3) is 0.556. The van der Waals surface area contributed by atoms with Crippen LogP contribution in [0.5, 0.6) is 5.75 Å². The molecular formula is C18H23FN2O4. The number of carbonyl (C=O) groups is 2. The summed E-state index contributed by atoms with van der Waals surface area (Å²) >= 11 is 0. The van der Waals surface area contributed by atoms with Crippen molar-refractivity contribution in [1.82, 2.24) is 10.2 Å². The third kappa shape index (κ3) is 5.16. The van der Waals surface area contributed by atoms with Crippen LogP contribution >= 0.6 is 0 Å². The highest BCUT2D eigenvalue weighted by Gasteiger charge is 2.37. The van der Waals surface area contributed by atoms with Gasteiger partial charge in [0.15, 0.2) is 18.2 Å². The van der Waals surface area contributed by atoms with Crippen molar-refractivity contribution in [3.63, 3.8) is 0 Å². The van der Waals surface area contributed by atoms with E-state index in [4.69, 9.17) is 9.84 Å². The first-order valence-electron chi connectivity index (χ1n) is 8.64. The Balaban J connectivity index is 1.39. The minimum Gasteiger partial charge on any atom is -0.481 e. The predicted octanol–water partition coefficient (Wildman–Crippen LogP) is 1.65. The molecule has 1 amide bonds. The van der Waals surface area contributed by atoms with Crippen molar-refractivity contribution in [2.24, 2.45) is 5.92 Å².